The van der Waals surface area contributed by atoms with Gasteiger partial charge in [-0.1, -0.05) is 20.8 Å². The minimum absolute atomic E-state index is 0.628. The van der Waals surface area contributed by atoms with Gasteiger partial charge >= 0.3 is 0 Å². The lowest BCUT2D eigenvalue weighted by Gasteiger charge is -2.20. The third-order valence-electron chi connectivity index (χ3n) is 4.27. The fraction of sp³-hybridized carbons (Fsp3) is 0.800. The molecule has 2 rings (SSSR count). The Morgan fingerprint density at radius 2 is 2.16 bits per heavy atom. The van der Waals surface area contributed by atoms with Crippen LogP contribution in [0.15, 0.2) is 0 Å². The summed E-state index contributed by atoms with van der Waals surface area (Å²) in [6, 6.07) is 0. The summed E-state index contributed by atoms with van der Waals surface area (Å²) in [5.74, 6) is 1.69. The van der Waals surface area contributed by atoms with Crippen molar-refractivity contribution in [1.82, 2.24) is 4.98 Å². The Balaban J connectivity index is 2.07. The van der Waals surface area contributed by atoms with Crippen LogP contribution in [0.3, 0.4) is 0 Å². The molecule has 4 heteroatoms. The van der Waals surface area contributed by atoms with E-state index in [2.05, 4.69) is 25.7 Å². The highest BCUT2D eigenvalue weighted by molar-refractivity contribution is 7.15. The van der Waals surface area contributed by atoms with Crippen LogP contribution in [0.5, 0.6) is 0 Å². The van der Waals surface area contributed by atoms with E-state index in [1.165, 1.54) is 35.0 Å². The molecule has 108 valence electrons. The van der Waals surface area contributed by atoms with Gasteiger partial charge in [-0.25, -0.2) is 4.98 Å². The zero-order valence-corrected chi connectivity index (χ0v) is 13.3. The number of hydrogen-bond acceptors (Lipinski definition) is 4. The van der Waals surface area contributed by atoms with Crippen molar-refractivity contribution in [3.63, 3.8) is 0 Å². The van der Waals surface area contributed by atoms with Crippen LogP contribution in [0.4, 0.5) is 5.13 Å². The van der Waals surface area contributed by atoms with E-state index in [0.717, 1.165) is 31.3 Å². The van der Waals surface area contributed by atoms with Crippen LogP contribution in [-0.2, 0) is 13.0 Å². The van der Waals surface area contributed by atoms with Gasteiger partial charge in [-0.2, -0.15) is 0 Å². The molecular weight excluding hydrogens is 254 g/mol. The Hall–Kier alpha value is -0.610. The SMILES string of the molecule is CCc1nc(N2CCCC(C(C)C)CC2)sc1CN. The van der Waals surface area contributed by atoms with E-state index in [-0.39, 0.29) is 0 Å². The summed E-state index contributed by atoms with van der Waals surface area (Å²) in [6.45, 7) is 9.81. The van der Waals surface area contributed by atoms with E-state index < -0.39 is 0 Å². The fourth-order valence-electron chi connectivity index (χ4n) is 2.92. The first-order valence-corrected chi connectivity index (χ1v) is 8.41. The van der Waals surface area contributed by atoms with Gasteiger partial charge in [-0.15, -0.1) is 11.3 Å². The maximum atomic E-state index is 5.81. The number of nitrogens with zero attached hydrogens (tertiary/aromatic N) is 2. The predicted octanol–water partition coefficient (Wildman–Crippen LogP) is 3.43. The molecule has 1 atom stereocenters. The fourth-order valence-corrected chi connectivity index (χ4v) is 4.00. The van der Waals surface area contributed by atoms with Gasteiger partial charge in [-0.05, 0) is 37.5 Å². The first-order valence-electron chi connectivity index (χ1n) is 7.59. The van der Waals surface area contributed by atoms with E-state index in [4.69, 9.17) is 10.7 Å². The van der Waals surface area contributed by atoms with Crippen molar-refractivity contribution in [1.29, 1.82) is 0 Å². The number of aryl methyl sites for hydroxylation is 1. The second kappa shape index (κ2) is 6.71. The van der Waals surface area contributed by atoms with Gasteiger partial charge in [0.25, 0.3) is 0 Å². The lowest BCUT2D eigenvalue weighted by atomic mass is 9.89. The first-order chi connectivity index (χ1) is 9.15. The van der Waals surface area contributed by atoms with Crippen LogP contribution < -0.4 is 10.6 Å². The Morgan fingerprint density at radius 1 is 1.37 bits per heavy atom. The van der Waals surface area contributed by atoms with E-state index in [0.29, 0.717) is 6.54 Å². The van der Waals surface area contributed by atoms with Crippen LogP contribution in [0, 0.1) is 11.8 Å². The predicted molar refractivity (Wildman–Crippen MR) is 83.8 cm³/mol. The molecule has 2 N–H and O–H groups in total. The molecule has 1 aromatic heterocycles. The maximum Gasteiger partial charge on any atom is 0.185 e. The smallest absolute Gasteiger partial charge is 0.185 e. The molecule has 1 fully saturated rings. The molecule has 1 saturated heterocycles. The van der Waals surface area contributed by atoms with Gasteiger partial charge < -0.3 is 10.6 Å². The van der Waals surface area contributed by atoms with Gasteiger partial charge in [-0.3, -0.25) is 0 Å². The van der Waals surface area contributed by atoms with Gasteiger partial charge in [0.05, 0.1) is 5.69 Å². The Kier molecular flexibility index (Phi) is 5.22. The monoisotopic (exact) mass is 281 g/mol. The standard InChI is InChI=1S/C15H27N3S/c1-4-13-14(10-16)19-15(17-13)18-8-5-6-12(7-9-18)11(2)3/h11-12H,4-10,16H2,1-3H3. The lowest BCUT2D eigenvalue weighted by Crippen LogP contribution is -2.24. The summed E-state index contributed by atoms with van der Waals surface area (Å²) in [5.41, 5.74) is 7.01. The summed E-state index contributed by atoms with van der Waals surface area (Å²) in [4.78, 5) is 8.54. The summed E-state index contributed by atoms with van der Waals surface area (Å²) >= 11 is 1.80. The topological polar surface area (TPSA) is 42.2 Å². The number of hydrogen-bond donors (Lipinski definition) is 1. The molecule has 0 spiro atoms. The molecule has 0 amide bonds. The lowest BCUT2D eigenvalue weighted by molar-refractivity contribution is 0.351. The molecule has 0 saturated carbocycles. The van der Waals surface area contributed by atoms with Crippen LogP contribution in [0.1, 0.15) is 50.6 Å². The molecule has 3 nitrogen and oxygen atoms in total. The van der Waals surface area contributed by atoms with Gasteiger partial charge in [0.2, 0.25) is 0 Å². The van der Waals surface area contributed by atoms with Crippen molar-refractivity contribution >= 4 is 16.5 Å². The summed E-state index contributed by atoms with van der Waals surface area (Å²) in [5, 5.41) is 1.20. The Bertz CT molecular complexity index is 379. The Morgan fingerprint density at radius 3 is 2.74 bits per heavy atom. The van der Waals surface area contributed by atoms with Crippen LogP contribution in [-0.4, -0.2) is 18.1 Å². The molecule has 0 aromatic carbocycles. The van der Waals surface area contributed by atoms with E-state index in [1.807, 2.05) is 0 Å². The average molecular weight is 281 g/mol. The number of nitrogens with two attached hydrogens (primary N) is 1. The van der Waals surface area contributed by atoms with Crippen molar-refractivity contribution in [3.8, 4) is 0 Å². The summed E-state index contributed by atoms with van der Waals surface area (Å²) < 4.78 is 0. The quantitative estimate of drug-likeness (QED) is 0.919. The van der Waals surface area contributed by atoms with Crippen molar-refractivity contribution < 1.29 is 0 Å². The zero-order chi connectivity index (χ0) is 13.8. The molecule has 1 aromatic rings. The van der Waals surface area contributed by atoms with Crippen molar-refractivity contribution in [2.45, 2.75) is 53.0 Å². The highest BCUT2D eigenvalue weighted by atomic mass is 32.1. The van der Waals surface area contributed by atoms with Gasteiger partial charge in [0.15, 0.2) is 5.13 Å². The normalized spacial score (nSPS) is 20.9. The summed E-state index contributed by atoms with van der Waals surface area (Å²) in [7, 11) is 0. The highest BCUT2D eigenvalue weighted by Gasteiger charge is 2.22. The van der Waals surface area contributed by atoms with Crippen molar-refractivity contribution in [2.24, 2.45) is 17.6 Å². The van der Waals surface area contributed by atoms with Gasteiger partial charge in [0.1, 0.15) is 0 Å². The summed E-state index contributed by atoms with van der Waals surface area (Å²) in [6.07, 6.45) is 4.95. The van der Waals surface area contributed by atoms with E-state index in [1.54, 1.807) is 11.3 Å². The molecule has 2 heterocycles. The van der Waals surface area contributed by atoms with Crippen LogP contribution in [0.2, 0.25) is 0 Å². The second-order valence-corrected chi connectivity index (χ2v) is 6.91. The second-order valence-electron chi connectivity index (χ2n) is 5.85. The molecule has 1 aliphatic rings. The molecule has 0 radical (unpaired) electrons. The van der Waals surface area contributed by atoms with Crippen molar-refractivity contribution in [2.75, 3.05) is 18.0 Å². The third-order valence-corrected chi connectivity index (χ3v) is 5.45. The maximum absolute atomic E-state index is 5.81. The largest absolute Gasteiger partial charge is 0.348 e. The minimum atomic E-state index is 0.628. The minimum Gasteiger partial charge on any atom is -0.348 e. The molecule has 0 bridgehead atoms. The number of anilines is 1. The number of thiazole rings is 1. The van der Waals surface area contributed by atoms with E-state index in [9.17, 15) is 0 Å². The third kappa shape index (κ3) is 3.48. The van der Waals surface area contributed by atoms with Gasteiger partial charge in [0, 0.05) is 24.5 Å². The molecular formula is C15H27N3S. The highest BCUT2D eigenvalue weighted by Crippen LogP contribution is 2.31. The number of aromatic nitrogens is 1. The molecule has 0 aliphatic carbocycles. The Labute approximate surface area is 121 Å². The zero-order valence-electron chi connectivity index (χ0n) is 12.5. The average Bonchev–Trinajstić information content (AvgIpc) is 2.66. The van der Waals surface area contributed by atoms with E-state index >= 15 is 0 Å². The van der Waals surface area contributed by atoms with Crippen LogP contribution in [0.25, 0.3) is 0 Å². The first kappa shape index (κ1) is 14.8. The number of rotatable bonds is 4. The van der Waals surface area contributed by atoms with Crippen LogP contribution >= 0.6 is 11.3 Å². The molecule has 19 heavy (non-hydrogen) atoms. The van der Waals surface area contributed by atoms with Crippen molar-refractivity contribution in [3.05, 3.63) is 10.6 Å². The molecule has 1 unspecified atom stereocenters. The molecule has 1 aliphatic heterocycles.